The highest BCUT2D eigenvalue weighted by atomic mass is 32.2. The van der Waals surface area contributed by atoms with Crippen LogP contribution in [0.4, 0.5) is 0 Å². The summed E-state index contributed by atoms with van der Waals surface area (Å²) in [4.78, 5) is 7.38. The highest BCUT2D eigenvalue weighted by Crippen LogP contribution is 2.35. The third-order valence-electron chi connectivity index (χ3n) is 4.86. The van der Waals surface area contributed by atoms with Crippen LogP contribution in [0.15, 0.2) is 23.4 Å². The lowest BCUT2D eigenvalue weighted by atomic mass is 10.0. The van der Waals surface area contributed by atoms with Crippen molar-refractivity contribution in [3.8, 4) is 0 Å². The maximum atomic E-state index is 4.75. The van der Waals surface area contributed by atoms with Crippen molar-refractivity contribution in [2.24, 2.45) is 0 Å². The molecule has 0 bridgehead atoms. The quantitative estimate of drug-likeness (QED) is 0.757. The number of likely N-dealkylation sites (tertiary alicyclic amines) is 1. The van der Waals surface area contributed by atoms with Crippen LogP contribution in [0, 0.1) is 0 Å². The van der Waals surface area contributed by atoms with Gasteiger partial charge in [-0.2, -0.15) is 0 Å². The van der Waals surface area contributed by atoms with Crippen LogP contribution >= 0.6 is 11.8 Å². The normalized spacial score (nSPS) is 24.5. The molecule has 1 saturated heterocycles. The summed E-state index contributed by atoms with van der Waals surface area (Å²) in [6.07, 6.45) is 13.0. The zero-order valence-electron chi connectivity index (χ0n) is 13.3. The summed E-state index contributed by atoms with van der Waals surface area (Å²) in [7, 11) is 0. The average molecular weight is 305 g/mol. The molecule has 3 heteroatoms. The maximum Gasteiger partial charge on any atom is 0.0962 e. The van der Waals surface area contributed by atoms with E-state index in [-0.39, 0.29) is 0 Å². The van der Waals surface area contributed by atoms with Gasteiger partial charge in [-0.25, -0.2) is 4.98 Å². The number of aromatic nitrogens is 1. The van der Waals surface area contributed by atoms with Gasteiger partial charge in [0.2, 0.25) is 0 Å². The van der Waals surface area contributed by atoms with Crippen LogP contribution in [0.25, 0.3) is 0 Å². The molecule has 21 heavy (non-hydrogen) atoms. The Bertz CT molecular complexity index is 425. The largest absolute Gasteiger partial charge is 0.296 e. The van der Waals surface area contributed by atoms with Gasteiger partial charge in [-0.1, -0.05) is 32.3 Å². The first-order valence-electron chi connectivity index (χ1n) is 8.73. The second kappa shape index (κ2) is 7.64. The van der Waals surface area contributed by atoms with Gasteiger partial charge in [-0.3, -0.25) is 4.90 Å². The average Bonchev–Trinajstić information content (AvgIpc) is 2.98. The third kappa shape index (κ3) is 4.01. The molecule has 0 unspecified atom stereocenters. The summed E-state index contributed by atoms with van der Waals surface area (Å²) in [6, 6.07) is 5.21. The molecule has 116 valence electrons. The molecular formula is C18H28N2S. The Morgan fingerprint density at radius 2 is 2.00 bits per heavy atom. The molecule has 1 atom stereocenters. The fourth-order valence-electron chi connectivity index (χ4n) is 3.77. The minimum absolute atomic E-state index is 0.617. The van der Waals surface area contributed by atoms with E-state index >= 15 is 0 Å². The van der Waals surface area contributed by atoms with E-state index in [2.05, 4.69) is 30.2 Å². The number of thioether (sulfide) groups is 1. The van der Waals surface area contributed by atoms with E-state index in [0.717, 1.165) is 5.25 Å². The van der Waals surface area contributed by atoms with Crippen molar-refractivity contribution in [2.45, 2.75) is 74.6 Å². The molecular weight excluding hydrogens is 276 g/mol. The molecule has 0 aromatic carbocycles. The van der Waals surface area contributed by atoms with Crippen LogP contribution in [-0.4, -0.2) is 28.2 Å². The van der Waals surface area contributed by atoms with Crippen LogP contribution in [0.3, 0.4) is 0 Å². The number of hydrogen-bond donors (Lipinski definition) is 0. The Morgan fingerprint density at radius 3 is 2.71 bits per heavy atom. The minimum Gasteiger partial charge on any atom is -0.296 e. The van der Waals surface area contributed by atoms with E-state index in [1.165, 1.54) is 75.0 Å². The second-order valence-electron chi connectivity index (χ2n) is 6.50. The van der Waals surface area contributed by atoms with Crippen LogP contribution in [-0.2, 0) is 0 Å². The van der Waals surface area contributed by atoms with Crippen molar-refractivity contribution in [3.63, 3.8) is 0 Å². The summed E-state index contributed by atoms with van der Waals surface area (Å²) in [5, 5.41) is 2.03. The van der Waals surface area contributed by atoms with Crippen molar-refractivity contribution in [1.82, 2.24) is 9.88 Å². The molecule has 3 rings (SSSR count). The lowest BCUT2D eigenvalue weighted by Gasteiger charge is -2.24. The van der Waals surface area contributed by atoms with Crippen LogP contribution < -0.4 is 0 Å². The molecule has 1 aromatic rings. The molecule has 1 aliphatic carbocycles. The summed E-state index contributed by atoms with van der Waals surface area (Å²) in [5.74, 6) is 0. The Morgan fingerprint density at radius 1 is 1.14 bits per heavy atom. The minimum atomic E-state index is 0.617. The van der Waals surface area contributed by atoms with Gasteiger partial charge in [0.25, 0.3) is 0 Å². The molecule has 0 spiro atoms. The van der Waals surface area contributed by atoms with E-state index in [1.54, 1.807) is 0 Å². The first-order chi connectivity index (χ1) is 10.4. The maximum absolute atomic E-state index is 4.75. The van der Waals surface area contributed by atoms with Gasteiger partial charge in [-0.15, -0.1) is 11.8 Å². The molecule has 1 aromatic heterocycles. The molecule has 2 fully saturated rings. The Balaban J connectivity index is 1.60. The summed E-state index contributed by atoms with van der Waals surface area (Å²) in [5.41, 5.74) is 1.42. The van der Waals surface area contributed by atoms with Crippen molar-refractivity contribution in [2.75, 3.05) is 13.1 Å². The fourth-order valence-corrected chi connectivity index (χ4v) is 4.94. The van der Waals surface area contributed by atoms with Crippen LogP contribution in [0.1, 0.15) is 69.9 Å². The van der Waals surface area contributed by atoms with Crippen LogP contribution in [0.2, 0.25) is 0 Å². The molecule has 2 aliphatic rings. The van der Waals surface area contributed by atoms with E-state index in [1.807, 2.05) is 11.8 Å². The molecule has 0 amide bonds. The molecule has 1 aliphatic heterocycles. The first kappa shape index (κ1) is 15.4. The van der Waals surface area contributed by atoms with Gasteiger partial charge in [0, 0.05) is 17.5 Å². The van der Waals surface area contributed by atoms with Gasteiger partial charge in [-0.05, 0) is 56.8 Å². The smallest absolute Gasteiger partial charge is 0.0962 e. The Hall–Kier alpha value is -0.540. The van der Waals surface area contributed by atoms with Crippen molar-refractivity contribution < 1.29 is 0 Å². The van der Waals surface area contributed by atoms with E-state index in [0.29, 0.717) is 6.04 Å². The monoisotopic (exact) mass is 304 g/mol. The van der Waals surface area contributed by atoms with Crippen LogP contribution in [0.5, 0.6) is 0 Å². The van der Waals surface area contributed by atoms with Gasteiger partial charge in [0.05, 0.1) is 5.03 Å². The molecule has 2 nitrogen and oxygen atoms in total. The van der Waals surface area contributed by atoms with Gasteiger partial charge >= 0.3 is 0 Å². The summed E-state index contributed by atoms with van der Waals surface area (Å²) in [6.45, 7) is 4.76. The molecule has 1 saturated carbocycles. The van der Waals surface area contributed by atoms with Gasteiger partial charge in [0.1, 0.15) is 0 Å². The molecule has 0 radical (unpaired) electrons. The standard InChI is InChI=1S/C18H28N2S/c1-2-12-20-13-6-9-17(20)15-10-11-18(19-14-15)21-16-7-4-3-5-8-16/h10-11,14,16-17H,2-9,12-13H2,1H3/t17-/m1/s1. The zero-order chi connectivity index (χ0) is 14.5. The third-order valence-corrected chi connectivity index (χ3v) is 6.15. The van der Waals surface area contributed by atoms with Crippen molar-refractivity contribution in [3.05, 3.63) is 23.9 Å². The topological polar surface area (TPSA) is 16.1 Å². The van der Waals surface area contributed by atoms with Gasteiger partial charge < -0.3 is 0 Å². The Kier molecular flexibility index (Phi) is 5.59. The van der Waals surface area contributed by atoms with Crippen molar-refractivity contribution >= 4 is 11.8 Å². The molecule has 0 N–H and O–H groups in total. The first-order valence-corrected chi connectivity index (χ1v) is 9.61. The van der Waals surface area contributed by atoms with E-state index in [9.17, 15) is 0 Å². The highest BCUT2D eigenvalue weighted by molar-refractivity contribution is 7.99. The predicted octanol–water partition coefficient (Wildman–Crippen LogP) is 5.05. The molecule has 2 heterocycles. The lowest BCUT2D eigenvalue weighted by molar-refractivity contribution is 0.257. The highest BCUT2D eigenvalue weighted by Gasteiger charge is 2.25. The number of rotatable bonds is 5. The summed E-state index contributed by atoms with van der Waals surface area (Å²) < 4.78 is 0. The lowest BCUT2D eigenvalue weighted by Crippen LogP contribution is -2.24. The zero-order valence-corrected chi connectivity index (χ0v) is 14.1. The Labute approximate surface area is 133 Å². The van der Waals surface area contributed by atoms with Crippen molar-refractivity contribution in [1.29, 1.82) is 0 Å². The second-order valence-corrected chi connectivity index (χ2v) is 7.82. The SMILES string of the molecule is CCCN1CCC[C@@H]1c1ccc(SC2CCCCC2)nc1. The number of hydrogen-bond acceptors (Lipinski definition) is 3. The number of nitrogens with zero attached hydrogens (tertiary/aromatic N) is 2. The van der Waals surface area contributed by atoms with Gasteiger partial charge in [0.15, 0.2) is 0 Å². The predicted molar refractivity (Wildman–Crippen MR) is 90.8 cm³/mol. The van der Waals surface area contributed by atoms with E-state index < -0.39 is 0 Å². The number of pyridine rings is 1. The van der Waals surface area contributed by atoms with E-state index in [4.69, 9.17) is 4.98 Å². The fraction of sp³-hybridized carbons (Fsp3) is 0.722. The summed E-state index contributed by atoms with van der Waals surface area (Å²) >= 11 is 2.00.